The Morgan fingerprint density at radius 2 is 1.55 bits per heavy atom. The van der Waals surface area contributed by atoms with Crippen molar-refractivity contribution in [3.63, 3.8) is 0 Å². The fraction of sp³-hybridized carbons (Fsp3) is 0.280. The molecule has 5 nitrogen and oxygen atoms in total. The van der Waals surface area contributed by atoms with Gasteiger partial charge in [0.05, 0.1) is 11.7 Å². The lowest BCUT2D eigenvalue weighted by Crippen LogP contribution is -2.47. The molecule has 1 fully saturated rings. The average molecular weight is 431 g/mol. The van der Waals surface area contributed by atoms with Crippen LogP contribution in [0.15, 0.2) is 76.9 Å². The van der Waals surface area contributed by atoms with E-state index in [1.54, 1.807) is 10.5 Å². The maximum Gasteiger partial charge on any atom is 0.259 e. The van der Waals surface area contributed by atoms with E-state index in [9.17, 15) is 4.79 Å². The predicted molar refractivity (Wildman–Crippen MR) is 126 cm³/mol. The molecule has 0 amide bonds. The summed E-state index contributed by atoms with van der Waals surface area (Å²) in [6.45, 7) is 6.54. The molecule has 3 heterocycles. The Hall–Kier alpha value is -2.80. The Bertz CT molecular complexity index is 1170. The topological polar surface area (TPSA) is 40.9 Å². The Balaban J connectivity index is 1.31. The molecule has 158 valence electrons. The van der Waals surface area contributed by atoms with Gasteiger partial charge < -0.3 is 0 Å². The van der Waals surface area contributed by atoms with Crippen LogP contribution in [0.4, 0.5) is 0 Å². The minimum Gasteiger partial charge on any atom is -0.295 e. The van der Waals surface area contributed by atoms with E-state index < -0.39 is 0 Å². The van der Waals surface area contributed by atoms with E-state index in [4.69, 9.17) is 4.98 Å². The highest BCUT2D eigenvalue weighted by Gasteiger charge is 2.26. The smallest absolute Gasteiger partial charge is 0.259 e. The second-order valence-electron chi connectivity index (χ2n) is 8.12. The van der Waals surface area contributed by atoms with Gasteiger partial charge in [-0.25, -0.2) is 4.98 Å². The number of aryl methyl sites for hydroxylation is 1. The summed E-state index contributed by atoms with van der Waals surface area (Å²) in [5.41, 5.74) is 4.49. The molecule has 2 aromatic heterocycles. The second kappa shape index (κ2) is 8.75. The largest absolute Gasteiger partial charge is 0.295 e. The molecule has 0 saturated carbocycles. The molecule has 0 radical (unpaired) electrons. The molecule has 31 heavy (non-hydrogen) atoms. The number of nitrogens with zero attached hydrogens (tertiary/aromatic N) is 4. The number of benzene rings is 2. The summed E-state index contributed by atoms with van der Waals surface area (Å²) in [7, 11) is 0. The average Bonchev–Trinajstić information content (AvgIpc) is 3.18. The molecule has 5 rings (SSSR count). The Morgan fingerprint density at radius 3 is 2.16 bits per heavy atom. The summed E-state index contributed by atoms with van der Waals surface area (Å²) in [6.07, 6.45) is 0. The first-order valence-corrected chi connectivity index (χ1v) is 11.6. The van der Waals surface area contributed by atoms with E-state index in [-0.39, 0.29) is 11.6 Å². The van der Waals surface area contributed by atoms with Crippen LogP contribution in [0.3, 0.4) is 0 Å². The van der Waals surface area contributed by atoms with Crippen molar-refractivity contribution >= 4 is 16.3 Å². The second-order valence-corrected chi connectivity index (χ2v) is 8.95. The van der Waals surface area contributed by atoms with Gasteiger partial charge in [-0.3, -0.25) is 19.0 Å². The van der Waals surface area contributed by atoms with Crippen LogP contribution in [0.5, 0.6) is 0 Å². The Labute approximate surface area is 186 Å². The lowest BCUT2D eigenvalue weighted by atomic mass is 9.96. The lowest BCUT2D eigenvalue weighted by Gasteiger charge is -2.39. The van der Waals surface area contributed by atoms with Gasteiger partial charge in [-0.1, -0.05) is 60.7 Å². The standard InChI is InChI=1S/C25H26N4OS/c1-19-18-31-25-26-22(16-23(30)29(19)25)17-27-12-14-28(15-13-27)24(20-8-4-2-5-9-20)21-10-6-3-7-11-21/h2-11,16,18,24H,12-15,17H2,1H3. The first-order valence-electron chi connectivity index (χ1n) is 10.7. The van der Waals surface area contributed by atoms with Crippen molar-refractivity contribution < 1.29 is 0 Å². The lowest BCUT2D eigenvalue weighted by molar-refractivity contribution is 0.104. The van der Waals surface area contributed by atoms with Crippen molar-refractivity contribution in [3.8, 4) is 0 Å². The number of thiazole rings is 1. The van der Waals surface area contributed by atoms with Gasteiger partial charge in [-0.15, -0.1) is 11.3 Å². The zero-order chi connectivity index (χ0) is 21.2. The molecule has 0 atom stereocenters. The summed E-state index contributed by atoms with van der Waals surface area (Å²) in [5, 5.41) is 1.99. The van der Waals surface area contributed by atoms with Crippen LogP contribution < -0.4 is 5.56 Å². The van der Waals surface area contributed by atoms with Crippen molar-refractivity contribution in [2.45, 2.75) is 19.5 Å². The fourth-order valence-corrected chi connectivity index (χ4v) is 5.37. The molecule has 1 aliphatic rings. The zero-order valence-corrected chi connectivity index (χ0v) is 18.5. The number of hydrogen-bond acceptors (Lipinski definition) is 5. The van der Waals surface area contributed by atoms with Crippen molar-refractivity contribution in [3.05, 3.63) is 105 Å². The molecule has 0 bridgehead atoms. The van der Waals surface area contributed by atoms with E-state index in [1.165, 1.54) is 22.5 Å². The molecule has 4 aromatic rings. The SMILES string of the molecule is Cc1csc2nc(CN3CCN(C(c4ccccc4)c4ccccc4)CC3)cc(=O)n12. The van der Waals surface area contributed by atoms with E-state index >= 15 is 0 Å². The summed E-state index contributed by atoms with van der Waals surface area (Å²) in [4.78, 5) is 23.0. The van der Waals surface area contributed by atoms with Crippen molar-refractivity contribution in [1.29, 1.82) is 0 Å². The quantitative estimate of drug-likeness (QED) is 0.480. The molecule has 2 aromatic carbocycles. The molecule has 1 aliphatic heterocycles. The third-order valence-electron chi connectivity index (χ3n) is 6.02. The van der Waals surface area contributed by atoms with E-state index in [2.05, 4.69) is 70.5 Å². The molecule has 6 heteroatoms. The van der Waals surface area contributed by atoms with Crippen molar-refractivity contribution in [2.24, 2.45) is 0 Å². The van der Waals surface area contributed by atoms with Crippen LogP contribution in [-0.2, 0) is 6.54 Å². The van der Waals surface area contributed by atoms with Gasteiger partial charge in [-0.2, -0.15) is 0 Å². The number of hydrogen-bond donors (Lipinski definition) is 0. The van der Waals surface area contributed by atoms with Crippen LogP contribution in [0.1, 0.15) is 28.6 Å². The number of fused-ring (bicyclic) bond motifs is 1. The summed E-state index contributed by atoms with van der Waals surface area (Å²) >= 11 is 1.53. The van der Waals surface area contributed by atoms with Gasteiger partial charge in [0, 0.05) is 49.9 Å². The van der Waals surface area contributed by atoms with Gasteiger partial charge in [0.2, 0.25) is 0 Å². The molecule has 0 N–H and O–H groups in total. The first-order chi connectivity index (χ1) is 15.2. The third kappa shape index (κ3) is 4.19. The van der Waals surface area contributed by atoms with Gasteiger partial charge in [0.1, 0.15) is 0 Å². The number of aromatic nitrogens is 2. The van der Waals surface area contributed by atoms with E-state index in [0.29, 0.717) is 0 Å². The molecule has 1 saturated heterocycles. The van der Waals surface area contributed by atoms with Crippen LogP contribution in [0.2, 0.25) is 0 Å². The zero-order valence-electron chi connectivity index (χ0n) is 17.6. The Kier molecular flexibility index (Phi) is 5.68. The third-order valence-corrected chi connectivity index (χ3v) is 6.96. The first kappa shape index (κ1) is 20.1. The summed E-state index contributed by atoms with van der Waals surface area (Å²) in [5.74, 6) is 0. The van der Waals surface area contributed by atoms with Crippen LogP contribution in [0, 0.1) is 6.92 Å². The normalized spacial score (nSPS) is 15.7. The molecular formula is C25H26N4OS. The molecule has 0 aliphatic carbocycles. The van der Waals surface area contributed by atoms with Crippen LogP contribution >= 0.6 is 11.3 Å². The minimum absolute atomic E-state index is 0.0191. The van der Waals surface area contributed by atoms with Crippen molar-refractivity contribution in [1.82, 2.24) is 19.2 Å². The van der Waals surface area contributed by atoms with Gasteiger partial charge in [0.15, 0.2) is 4.96 Å². The maximum absolute atomic E-state index is 12.5. The molecule has 0 spiro atoms. The van der Waals surface area contributed by atoms with E-state index in [1.807, 2.05) is 12.3 Å². The predicted octanol–water partition coefficient (Wildman–Crippen LogP) is 3.97. The number of piperazine rings is 1. The van der Waals surface area contributed by atoms with Crippen LogP contribution in [0.25, 0.3) is 4.96 Å². The number of rotatable bonds is 5. The van der Waals surface area contributed by atoms with Gasteiger partial charge in [0.25, 0.3) is 5.56 Å². The maximum atomic E-state index is 12.5. The van der Waals surface area contributed by atoms with Crippen molar-refractivity contribution in [2.75, 3.05) is 26.2 Å². The molecule has 0 unspecified atom stereocenters. The van der Waals surface area contributed by atoms with Gasteiger partial charge in [-0.05, 0) is 18.1 Å². The fourth-order valence-electron chi connectivity index (χ4n) is 4.48. The van der Waals surface area contributed by atoms with E-state index in [0.717, 1.165) is 49.1 Å². The Morgan fingerprint density at radius 1 is 0.935 bits per heavy atom. The highest BCUT2D eigenvalue weighted by molar-refractivity contribution is 7.15. The monoisotopic (exact) mass is 430 g/mol. The van der Waals surface area contributed by atoms with Crippen LogP contribution in [-0.4, -0.2) is 45.4 Å². The van der Waals surface area contributed by atoms with Gasteiger partial charge >= 0.3 is 0 Å². The highest BCUT2D eigenvalue weighted by atomic mass is 32.1. The summed E-state index contributed by atoms with van der Waals surface area (Å²) in [6, 6.07) is 23.5. The summed E-state index contributed by atoms with van der Waals surface area (Å²) < 4.78 is 1.69. The molecular weight excluding hydrogens is 404 g/mol. The minimum atomic E-state index is 0.0191. The highest BCUT2D eigenvalue weighted by Crippen LogP contribution is 2.29.